The van der Waals surface area contributed by atoms with Crippen LogP contribution in [0.3, 0.4) is 0 Å². The molecule has 166 valence electrons. The minimum Gasteiger partial charge on any atom is -0.493 e. The van der Waals surface area contributed by atoms with Crippen molar-refractivity contribution in [3.63, 3.8) is 0 Å². The summed E-state index contributed by atoms with van der Waals surface area (Å²) in [7, 11) is -2.00. The number of benzene rings is 2. The summed E-state index contributed by atoms with van der Waals surface area (Å²) in [5, 5.41) is 18.9. The normalized spacial score (nSPS) is 17.8. The predicted molar refractivity (Wildman–Crippen MR) is 108 cm³/mol. The van der Waals surface area contributed by atoms with Crippen LogP contribution in [0.1, 0.15) is 28.7 Å². The van der Waals surface area contributed by atoms with Crippen molar-refractivity contribution >= 4 is 22.4 Å². The fourth-order valence-corrected chi connectivity index (χ4v) is 3.74. The Kier molecular flexibility index (Phi) is 6.39. The molecule has 1 aliphatic heterocycles. The van der Waals surface area contributed by atoms with Crippen LogP contribution in [0.4, 0.5) is 0 Å². The van der Waals surface area contributed by atoms with E-state index < -0.39 is 28.4 Å². The largest absolute Gasteiger partial charge is 0.493 e. The van der Waals surface area contributed by atoms with Crippen LogP contribution in [0.15, 0.2) is 36.4 Å². The smallest absolute Gasteiger partial charge is 0.446 e. The standard InChI is InChI=1S/C20H20O10S/c1-27-16-9-12(4-5-15(16)30-31(24,25)26)19-14(10-21)13-7-11(3-6-18(22)23)8-17(28-2)20(13)29-19/h3-9,14,19,21H,10H2,1-2H3,(H,22,23)(H,24,25,26). The second-order valence-corrected chi connectivity index (χ2v) is 7.58. The Labute approximate surface area is 178 Å². The number of rotatable bonds is 8. The molecular weight excluding hydrogens is 432 g/mol. The van der Waals surface area contributed by atoms with Crippen molar-refractivity contribution in [3.8, 4) is 23.0 Å². The van der Waals surface area contributed by atoms with Crippen LogP contribution in [0.25, 0.3) is 6.08 Å². The number of fused-ring (bicyclic) bond motifs is 1. The average Bonchev–Trinajstić information content (AvgIpc) is 3.09. The van der Waals surface area contributed by atoms with Gasteiger partial charge >= 0.3 is 16.4 Å². The lowest BCUT2D eigenvalue weighted by Crippen LogP contribution is -2.14. The molecule has 2 aromatic rings. The molecular formula is C20H20O10S. The van der Waals surface area contributed by atoms with Crippen LogP contribution in [-0.4, -0.2) is 50.0 Å². The number of ether oxygens (including phenoxy) is 3. The zero-order chi connectivity index (χ0) is 22.8. The van der Waals surface area contributed by atoms with Crippen molar-refractivity contribution in [2.24, 2.45) is 0 Å². The van der Waals surface area contributed by atoms with Crippen molar-refractivity contribution in [1.82, 2.24) is 0 Å². The predicted octanol–water partition coefficient (Wildman–Crippen LogP) is 2.19. The fraction of sp³-hybridized carbons (Fsp3) is 0.250. The van der Waals surface area contributed by atoms with Crippen molar-refractivity contribution in [3.05, 3.63) is 53.1 Å². The van der Waals surface area contributed by atoms with Crippen LogP contribution in [0.5, 0.6) is 23.0 Å². The summed E-state index contributed by atoms with van der Waals surface area (Å²) in [5.41, 5.74) is 1.71. The Morgan fingerprint density at radius 2 is 1.84 bits per heavy atom. The molecule has 2 aromatic carbocycles. The van der Waals surface area contributed by atoms with Gasteiger partial charge in [-0.2, -0.15) is 8.42 Å². The molecule has 0 bridgehead atoms. The number of hydrogen-bond acceptors (Lipinski definition) is 8. The first kappa shape index (κ1) is 22.4. The monoisotopic (exact) mass is 452 g/mol. The quantitative estimate of drug-likeness (QED) is 0.402. The highest BCUT2D eigenvalue weighted by molar-refractivity contribution is 7.81. The van der Waals surface area contributed by atoms with Crippen LogP contribution in [0.2, 0.25) is 0 Å². The summed E-state index contributed by atoms with van der Waals surface area (Å²) in [5.74, 6) is -1.06. The summed E-state index contributed by atoms with van der Waals surface area (Å²) >= 11 is 0. The number of hydrogen-bond donors (Lipinski definition) is 3. The summed E-state index contributed by atoms with van der Waals surface area (Å²) in [6, 6.07) is 7.59. The summed E-state index contributed by atoms with van der Waals surface area (Å²) in [4.78, 5) is 10.8. The maximum Gasteiger partial charge on any atom is 0.446 e. The van der Waals surface area contributed by atoms with E-state index in [1.54, 1.807) is 12.1 Å². The first-order valence-corrected chi connectivity index (χ1v) is 10.3. The van der Waals surface area contributed by atoms with E-state index in [2.05, 4.69) is 4.18 Å². The Balaban J connectivity index is 2.02. The van der Waals surface area contributed by atoms with Crippen LogP contribution in [-0.2, 0) is 15.2 Å². The van der Waals surface area contributed by atoms with Crippen LogP contribution >= 0.6 is 0 Å². The Bertz CT molecular complexity index is 1120. The number of aliphatic hydroxyl groups is 1. The zero-order valence-electron chi connectivity index (χ0n) is 16.5. The molecule has 0 saturated heterocycles. The molecule has 0 amide bonds. The van der Waals surface area contributed by atoms with E-state index in [0.29, 0.717) is 28.2 Å². The van der Waals surface area contributed by atoms with Crippen LogP contribution < -0.4 is 18.4 Å². The molecule has 0 aromatic heterocycles. The zero-order valence-corrected chi connectivity index (χ0v) is 17.3. The van der Waals surface area contributed by atoms with Gasteiger partial charge in [0.2, 0.25) is 0 Å². The minimum atomic E-state index is -4.74. The van der Waals surface area contributed by atoms with Crippen molar-refractivity contribution in [2.75, 3.05) is 20.8 Å². The summed E-state index contributed by atoms with van der Waals surface area (Å²) in [6.07, 6.45) is 1.71. The van der Waals surface area contributed by atoms with Crippen molar-refractivity contribution in [1.29, 1.82) is 0 Å². The van der Waals surface area contributed by atoms with Crippen LogP contribution in [0, 0.1) is 0 Å². The lowest BCUT2D eigenvalue weighted by Gasteiger charge is -2.19. The maximum atomic E-state index is 11.0. The Morgan fingerprint density at radius 1 is 1.13 bits per heavy atom. The van der Waals surface area contributed by atoms with Gasteiger partial charge in [0.1, 0.15) is 6.10 Å². The maximum absolute atomic E-state index is 11.0. The molecule has 2 atom stereocenters. The highest BCUT2D eigenvalue weighted by Gasteiger charge is 2.38. The van der Waals surface area contributed by atoms with Gasteiger partial charge in [-0.15, -0.1) is 0 Å². The van der Waals surface area contributed by atoms with Gasteiger partial charge in [-0.05, 0) is 41.5 Å². The molecule has 0 spiro atoms. The molecule has 1 aliphatic rings. The Morgan fingerprint density at radius 3 is 2.42 bits per heavy atom. The third-order valence-electron chi connectivity index (χ3n) is 4.66. The van der Waals surface area contributed by atoms with Gasteiger partial charge in [0.05, 0.1) is 26.7 Å². The molecule has 11 heteroatoms. The van der Waals surface area contributed by atoms with Gasteiger partial charge in [-0.1, -0.05) is 6.07 Å². The lowest BCUT2D eigenvalue weighted by atomic mass is 9.90. The molecule has 0 fully saturated rings. The van der Waals surface area contributed by atoms with Crippen molar-refractivity contribution in [2.45, 2.75) is 12.0 Å². The SMILES string of the molecule is COc1cc(C2Oc3c(OC)cc(C=CC(=O)O)cc3C2CO)ccc1OS(=O)(=O)O. The Hall–Kier alpha value is -3.28. The first-order valence-electron chi connectivity index (χ1n) is 8.92. The summed E-state index contributed by atoms with van der Waals surface area (Å²) < 4.78 is 52.0. The third-order valence-corrected chi connectivity index (χ3v) is 5.05. The highest BCUT2D eigenvalue weighted by atomic mass is 32.3. The lowest BCUT2D eigenvalue weighted by molar-refractivity contribution is -0.131. The van der Waals surface area contributed by atoms with Gasteiger partial charge in [0.15, 0.2) is 23.0 Å². The second kappa shape index (κ2) is 8.84. The minimum absolute atomic E-state index is 0.0309. The van der Waals surface area contributed by atoms with E-state index >= 15 is 0 Å². The van der Waals surface area contributed by atoms with Gasteiger partial charge in [-0.25, -0.2) is 4.79 Å². The van der Waals surface area contributed by atoms with Crippen molar-refractivity contribution < 1.29 is 46.4 Å². The first-order chi connectivity index (χ1) is 14.7. The molecule has 0 saturated carbocycles. The van der Waals surface area contributed by atoms with E-state index in [9.17, 15) is 18.3 Å². The molecule has 2 unspecified atom stereocenters. The van der Waals surface area contributed by atoms with Gasteiger partial charge < -0.3 is 28.6 Å². The fourth-order valence-electron chi connectivity index (χ4n) is 3.37. The van der Waals surface area contributed by atoms with E-state index in [1.165, 1.54) is 38.5 Å². The van der Waals surface area contributed by atoms with E-state index in [0.717, 1.165) is 6.08 Å². The molecule has 3 N–H and O–H groups in total. The summed E-state index contributed by atoms with van der Waals surface area (Å²) in [6.45, 7) is -0.293. The second-order valence-electron chi connectivity index (χ2n) is 6.56. The topological polar surface area (TPSA) is 149 Å². The number of carboxylic acids is 1. The number of aliphatic hydroxyl groups excluding tert-OH is 1. The third kappa shape index (κ3) is 4.90. The average molecular weight is 452 g/mol. The number of carbonyl (C=O) groups is 1. The van der Waals surface area contributed by atoms with Gasteiger partial charge in [0, 0.05) is 11.6 Å². The highest BCUT2D eigenvalue weighted by Crippen LogP contribution is 2.51. The number of methoxy groups -OCH3 is 2. The molecule has 0 radical (unpaired) electrons. The molecule has 3 rings (SSSR count). The van der Waals surface area contributed by atoms with Gasteiger partial charge in [0.25, 0.3) is 0 Å². The molecule has 0 aliphatic carbocycles. The number of aliphatic carboxylic acids is 1. The number of carboxylic acid groups (broad SMARTS) is 1. The van der Waals surface area contributed by atoms with E-state index in [-0.39, 0.29) is 18.1 Å². The molecule has 31 heavy (non-hydrogen) atoms. The molecule has 10 nitrogen and oxygen atoms in total. The van der Waals surface area contributed by atoms with E-state index in [4.69, 9.17) is 23.9 Å². The van der Waals surface area contributed by atoms with Gasteiger partial charge in [-0.3, -0.25) is 4.55 Å². The molecule has 1 heterocycles. The van der Waals surface area contributed by atoms with E-state index in [1.807, 2.05) is 0 Å².